The summed E-state index contributed by atoms with van der Waals surface area (Å²) >= 11 is 6.17. The van der Waals surface area contributed by atoms with Gasteiger partial charge in [-0.3, -0.25) is 0 Å². The van der Waals surface area contributed by atoms with Gasteiger partial charge in [-0.15, -0.1) is 0 Å². The van der Waals surface area contributed by atoms with Crippen LogP contribution in [0, 0.1) is 11.3 Å². The third-order valence-electron chi connectivity index (χ3n) is 4.78. The third-order valence-corrected chi connectivity index (χ3v) is 4.95. The number of pyridine rings is 1. The summed E-state index contributed by atoms with van der Waals surface area (Å²) < 4.78 is 0. The van der Waals surface area contributed by atoms with Gasteiger partial charge < -0.3 is 5.32 Å². The van der Waals surface area contributed by atoms with Gasteiger partial charge in [0.1, 0.15) is 11.6 Å². The number of halogens is 1. The van der Waals surface area contributed by atoms with Crippen molar-refractivity contribution >= 4 is 23.2 Å². The smallest absolute Gasteiger partial charge is 0.224 e. The molecule has 0 bridgehead atoms. The summed E-state index contributed by atoms with van der Waals surface area (Å²) in [4.78, 5) is 12.9. The molecule has 3 rings (SSSR count). The maximum Gasteiger partial charge on any atom is 0.224 e. The highest BCUT2D eigenvalue weighted by Gasteiger charge is 2.34. The van der Waals surface area contributed by atoms with Crippen LogP contribution in [0.25, 0.3) is 0 Å². The summed E-state index contributed by atoms with van der Waals surface area (Å²) in [6.45, 7) is 0. The van der Waals surface area contributed by atoms with Crippen LogP contribution in [-0.4, -0.2) is 15.0 Å². The van der Waals surface area contributed by atoms with Gasteiger partial charge in [0.05, 0.1) is 17.2 Å². The van der Waals surface area contributed by atoms with E-state index in [1.165, 1.54) is 25.7 Å². The summed E-state index contributed by atoms with van der Waals surface area (Å²) in [6.07, 6.45) is 10.3. The van der Waals surface area contributed by atoms with Crippen molar-refractivity contribution in [3.05, 3.63) is 41.4 Å². The van der Waals surface area contributed by atoms with Crippen LogP contribution >= 0.6 is 11.6 Å². The Hall–Kier alpha value is -2.19. The summed E-state index contributed by atoms with van der Waals surface area (Å²) in [6, 6.07) is 10.0. The molecule has 2 aromatic rings. The standard InChI is InChI=1S/C19H22ClN5/c20-18-23-15(13-17(25-18)24-16-9-5-8-12-22-16)19(14-21)10-6-3-1-2-4-7-11-19/h5,8-9,12-13H,1-4,6-7,10-11H2,(H,22,23,24,25). The Labute approximate surface area is 153 Å². The predicted octanol–water partition coefficient (Wildman–Crippen LogP) is 5.16. The molecule has 0 aromatic carbocycles. The molecular weight excluding hydrogens is 334 g/mol. The summed E-state index contributed by atoms with van der Waals surface area (Å²) in [5.41, 5.74) is 0.132. The number of hydrogen-bond acceptors (Lipinski definition) is 5. The first-order valence-electron chi connectivity index (χ1n) is 8.86. The molecule has 1 fully saturated rings. The zero-order valence-electron chi connectivity index (χ0n) is 14.2. The van der Waals surface area contributed by atoms with E-state index in [4.69, 9.17) is 11.6 Å². The van der Waals surface area contributed by atoms with Gasteiger partial charge in [0, 0.05) is 12.3 Å². The minimum Gasteiger partial charge on any atom is -0.325 e. The van der Waals surface area contributed by atoms with Crippen molar-refractivity contribution in [2.45, 2.75) is 56.8 Å². The van der Waals surface area contributed by atoms with Crippen molar-refractivity contribution in [1.82, 2.24) is 15.0 Å². The van der Waals surface area contributed by atoms with Gasteiger partial charge in [-0.05, 0) is 36.6 Å². The Balaban J connectivity index is 1.92. The first-order valence-corrected chi connectivity index (χ1v) is 9.24. The second kappa shape index (κ2) is 8.26. The highest BCUT2D eigenvalue weighted by atomic mass is 35.5. The van der Waals surface area contributed by atoms with Crippen LogP contribution < -0.4 is 5.32 Å². The van der Waals surface area contributed by atoms with Crippen LogP contribution in [0.5, 0.6) is 0 Å². The fourth-order valence-corrected chi connectivity index (χ4v) is 3.59. The first kappa shape index (κ1) is 17.6. The topological polar surface area (TPSA) is 74.5 Å². The van der Waals surface area contributed by atoms with Crippen molar-refractivity contribution in [2.75, 3.05) is 5.32 Å². The molecule has 0 aliphatic heterocycles. The summed E-state index contributed by atoms with van der Waals surface area (Å²) in [7, 11) is 0. The van der Waals surface area contributed by atoms with Gasteiger partial charge >= 0.3 is 0 Å². The molecule has 0 unspecified atom stereocenters. The van der Waals surface area contributed by atoms with Crippen LogP contribution in [0.1, 0.15) is 57.1 Å². The molecule has 2 aromatic heterocycles. The zero-order chi connectivity index (χ0) is 17.5. The van der Waals surface area contributed by atoms with E-state index < -0.39 is 5.41 Å². The lowest BCUT2D eigenvalue weighted by Gasteiger charge is -2.26. The molecule has 6 heteroatoms. The number of nitriles is 1. The maximum atomic E-state index is 9.99. The van der Waals surface area contributed by atoms with Crippen LogP contribution in [0.4, 0.5) is 11.6 Å². The number of nitrogens with one attached hydrogen (secondary N) is 1. The quantitative estimate of drug-likeness (QED) is 0.769. The number of aromatic nitrogens is 3. The molecule has 0 radical (unpaired) electrons. The van der Waals surface area contributed by atoms with Crippen molar-refractivity contribution in [3.8, 4) is 6.07 Å². The maximum absolute atomic E-state index is 9.99. The van der Waals surface area contributed by atoms with Crippen molar-refractivity contribution in [3.63, 3.8) is 0 Å². The van der Waals surface area contributed by atoms with Crippen LogP contribution in [0.2, 0.25) is 5.28 Å². The highest BCUT2D eigenvalue weighted by Crippen LogP contribution is 2.37. The van der Waals surface area contributed by atoms with Gasteiger partial charge in [-0.2, -0.15) is 5.26 Å². The molecule has 1 aliphatic rings. The number of nitrogens with zero attached hydrogens (tertiary/aromatic N) is 4. The van der Waals surface area contributed by atoms with E-state index in [2.05, 4.69) is 26.3 Å². The Bertz CT molecular complexity index is 731. The summed E-state index contributed by atoms with van der Waals surface area (Å²) in [5.74, 6) is 1.26. The van der Waals surface area contributed by atoms with E-state index in [1.807, 2.05) is 24.3 Å². The molecule has 2 heterocycles. The second-order valence-electron chi connectivity index (χ2n) is 6.56. The number of anilines is 2. The Morgan fingerprint density at radius 3 is 2.36 bits per heavy atom. The fourth-order valence-electron chi connectivity index (χ4n) is 3.41. The van der Waals surface area contributed by atoms with Gasteiger partial charge in [0.15, 0.2) is 0 Å². The third kappa shape index (κ3) is 4.46. The Morgan fingerprint density at radius 2 is 1.72 bits per heavy atom. The van der Waals surface area contributed by atoms with Crippen LogP contribution in [0.3, 0.4) is 0 Å². The predicted molar refractivity (Wildman–Crippen MR) is 98.8 cm³/mol. The van der Waals surface area contributed by atoms with Crippen molar-refractivity contribution in [2.24, 2.45) is 0 Å². The molecule has 1 aliphatic carbocycles. The van der Waals surface area contributed by atoms with Crippen molar-refractivity contribution in [1.29, 1.82) is 5.26 Å². The van der Waals surface area contributed by atoms with Crippen LogP contribution in [0.15, 0.2) is 30.5 Å². The lowest BCUT2D eigenvalue weighted by Crippen LogP contribution is -2.26. The van der Waals surface area contributed by atoms with E-state index in [9.17, 15) is 5.26 Å². The molecule has 1 saturated carbocycles. The molecule has 0 atom stereocenters. The monoisotopic (exact) mass is 355 g/mol. The number of rotatable bonds is 3. The van der Waals surface area contributed by atoms with Crippen molar-refractivity contribution < 1.29 is 0 Å². The molecule has 130 valence electrons. The zero-order valence-corrected chi connectivity index (χ0v) is 15.0. The average molecular weight is 356 g/mol. The number of hydrogen-bond donors (Lipinski definition) is 1. The fraction of sp³-hybridized carbons (Fsp3) is 0.474. The van der Waals surface area contributed by atoms with E-state index in [0.29, 0.717) is 11.6 Å². The van der Waals surface area contributed by atoms with E-state index in [0.717, 1.165) is 31.4 Å². The molecule has 0 saturated heterocycles. The largest absolute Gasteiger partial charge is 0.325 e. The van der Waals surface area contributed by atoms with E-state index in [-0.39, 0.29) is 5.28 Å². The molecular formula is C19H22ClN5. The molecule has 1 N–H and O–H groups in total. The SMILES string of the molecule is N#CC1(c2cc(Nc3ccccn3)nc(Cl)n2)CCCCCCCC1. The van der Waals surface area contributed by atoms with Gasteiger partial charge in [0.2, 0.25) is 5.28 Å². The van der Waals surface area contributed by atoms with E-state index >= 15 is 0 Å². The lowest BCUT2D eigenvalue weighted by molar-refractivity contribution is 0.428. The van der Waals surface area contributed by atoms with E-state index in [1.54, 1.807) is 6.20 Å². The minimum absolute atomic E-state index is 0.158. The van der Waals surface area contributed by atoms with Gasteiger partial charge in [0.25, 0.3) is 0 Å². The highest BCUT2D eigenvalue weighted by molar-refractivity contribution is 6.28. The first-order chi connectivity index (χ1) is 12.2. The van der Waals surface area contributed by atoms with Gasteiger partial charge in [-0.1, -0.05) is 44.6 Å². The Kier molecular flexibility index (Phi) is 5.83. The molecule has 0 amide bonds. The second-order valence-corrected chi connectivity index (χ2v) is 6.90. The molecule has 25 heavy (non-hydrogen) atoms. The molecule has 0 spiro atoms. The van der Waals surface area contributed by atoms with Crippen LogP contribution in [-0.2, 0) is 5.41 Å². The Morgan fingerprint density at radius 1 is 1.00 bits per heavy atom. The lowest BCUT2D eigenvalue weighted by atomic mass is 9.77. The summed E-state index contributed by atoms with van der Waals surface area (Å²) in [5, 5.41) is 13.3. The minimum atomic E-state index is -0.586. The van der Waals surface area contributed by atoms with Gasteiger partial charge in [-0.25, -0.2) is 15.0 Å². The average Bonchev–Trinajstić information content (AvgIpc) is 2.74. The normalized spacial score (nSPS) is 17.6. The molecule has 5 nitrogen and oxygen atoms in total.